The Labute approximate surface area is 217 Å². The van der Waals surface area contributed by atoms with Crippen LogP contribution in [0.1, 0.15) is 80.1 Å². The van der Waals surface area contributed by atoms with Crippen LogP contribution in [0.3, 0.4) is 0 Å². The summed E-state index contributed by atoms with van der Waals surface area (Å²) in [6.45, 7) is 8.61. The van der Waals surface area contributed by atoms with E-state index in [4.69, 9.17) is 14.2 Å². The Morgan fingerprint density at radius 2 is 1.59 bits per heavy atom. The summed E-state index contributed by atoms with van der Waals surface area (Å²) in [6, 6.07) is 0. The van der Waals surface area contributed by atoms with Gasteiger partial charge >= 0.3 is 17.9 Å². The van der Waals surface area contributed by atoms with E-state index in [2.05, 4.69) is 0 Å². The van der Waals surface area contributed by atoms with E-state index in [9.17, 15) is 34.8 Å². The van der Waals surface area contributed by atoms with Gasteiger partial charge in [0, 0.05) is 33.1 Å². The van der Waals surface area contributed by atoms with Gasteiger partial charge in [-0.1, -0.05) is 25.5 Å². The van der Waals surface area contributed by atoms with E-state index in [1.807, 2.05) is 13.0 Å². The van der Waals surface area contributed by atoms with Gasteiger partial charge in [0.1, 0.15) is 35.1 Å². The maximum atomic E-state index is 12.5. The maximum absolute atomic E-state index is 12.5. The van der Waals surface area contributed by atoms with Crippen LogP contribution in [0.25, 0.3) is 0 Å². The predicted molar refractivity (Wildman–Crippen MR) is 129 cm³/mol. The van der Waals surface area contributed by atoms with E-state index in [1.165, 1.54) is 34.6 Å². The van der Waals surface area contributed by atoms with Gasteiger partial charge in [-0.15, -0.1) is 0 Å². The first-order valence-corrected chi connectivity index (χ1v) is 13.0. The molecule has 3 fully saturated rings. The molecule has 4 aliphatic carbocycles. The lowest BCUT2D eigenvalue weighted by atomic mass is 9.41. The van der Waals surface area contributed by atoms with Gasteiger partial charge in [-0.25, -0.2) is 0 Å². The van der Waals surface area contributed by atoms with Crippen molar-refractivity contribution in [2.45, 2.75) is 121 Å². The second kappa shape index (κ2) is 8.76. The van der Waals surface area contributed by atoms with Gasteiger partial charge < -0.3 is 34.6 Å². The van der Waals surface area contributed by atoms with Gasteiger partial charge in [-0.3, -0.25) is 14.4 Å². The Kier molecular flexibility index (Phi) is 6.63. The summed E-state index contributed by atoms with van der Waals surface area (Å²) in [5.74, 6) is -2.69. The molecule has 0 bridgehead atoms. The first-order chi connectivity index (χ1) is 17.0. The standard InChI is InChI=1S/C27H40O10/c1-14(35-15(2)28)25(32)11-12-27(34)24(25,6)22(37-17(4)30)20(31)21-23(5)9-8-19(36-16(3)29)13-18(23)7-10-26(21,27)33/h7,14,19-22,31-34H,8-13H2,1-6H3. The normalized spacial score (nSPS) is 47.5. The highest BCUT2D eigenvalue weighted by atomic mass is 16.6. The van der Waals surface area contributed by atoms with Crippen molar-refractivity contribution in [3.63, 3.8) is 0 Å². The van der Waals surface area contributed by atoms with Crippen molar-refractivity contribution >= 4 is 17.9 Å². The van der Waals surface area contributed by atoms with Crippen molar-refractivity contribution in [2.75, 3.05) is 0 Å². The molecule has 4 rings (SSSR count). The molecule has 10 atom stereocenters. The van der Waals surface area contributed by atoms with Crippen LogP contribution in [0.15, 0.2) is 11.6 Å². The molecule has 0 aromatic rings. The Morgan fingerprint density at radius 3 is 2.16 bits per heavy atom. The third kappa shape index (κ3) is 3.62. The second-order valence-corrected chi connectivity index (χ2v) is 12.0. The first kappa shape index (κ1) is 28.0. The van der Waals surface area contributed by atoms with E-state index in [0.29, 0.717) is 19.3 Å². The summed E-state index contributed by atoms with van der Waals surface area (Å²) in [7, 11) is 0. The van der Waals surface area contributed by atoms with Crippen molar-refractivity contribution < 1.29 is 49.0 Å². The smallest absolute Gasteiger partial charge is 0.303 e. The summed E-state index contributed by atoms with van der Waals surface area (Å²) in [6.07, 6.45) is -1.27. The molecular weight excluding hydrogens is 484 g/mol. The maximum Gasteiger partial charge on any atom is 0.303 e. The molecule has 4 aliphatic rings. The molecule has 4 N–H and O–H groups in total. The minimum Gasteiger partial charge on any atom is -0.462 e. The zero-order valence-electron chi connectivity index (χ0n) is 22.4. The highest BCUT2D eigenvalue weighted by molar-refractivity contribution is 5.67. The third-order valence-electron chi connectivity index (χ3n) is 10.2. The molecule has 37 heavy (non-hydrogen) atoms. The number of fused-ring (bicyclic) bond motifs is 5. The number of hydrogen-bond donors (Lipinski definition) is 4. The molecule has 10 heteroatoms. The van der Waals surface area contributed by atoms with E-state index in [1.54, 1.807) is 0 Å². The fourth-order valence-corrected chi connectivity index (χ4v) is 8.48. The van der Waals surface area contributed by atoms with Gasteiger partial charge in [0.05, 0.1) is 11.5 Å². The van der Waals surface area contributed by atoms with Crippen molar-refractivity contribution in [3.8, 4) is 0 Å². The number of aliphatic hydroxyl groups is 4. The molecule has 0 saturated heterocycles. The van der Waals surface area contributed by atoms with Crippen LogP contribution < -0.4 is 0 Å². The molecule has 0 aliphatic heterocycles. The summed E-state index contributed by atoms with van der Waals surface area (Å²) in [5, 5.41) is 48.9. The lowest BCUT2D eigenvalue weighted by Crippen LogP contribution is -2.82. The van der Waals surface area contributed by atoms with Gasteiger partial charge in [-0.2, -0.15) is 0 Å². The van der Waals surface area contributed by atoms with Crippen LogP contribution in [-0.4, -0.2) is 79.6 Å². The monoisotopic (exact) mass is 524 g/mol. The van der Waals surface area contributed by atoms with E-state index in [-0.39, 0.29) is 31.3 Å². The van der Waals surface area contributed by atoms with E-state index in [0.717, 1.165) is 5.57 Å². The topological polar surface area (TPSA) is 160 Å². The number of aliphatic hydroxyl groups excluding tert-OH is 1. The fourth-order valence-electron chi connectivity index (χ4n) is 8.48. The Morgan fingerprint density at radius 1 is 0.973 bits per heavy atom. The quantitative estimate of drug-likeness (QED) is 0.240. The van der Waals surface area contributed by atoms with Crippen LogP contribution in [0, 0.1) is 16.7 Å². The molecule has 208 valence electrons. The highest BCUT2D eigenvalue weighted by Crippen LogP contribution is 2.71. The third-order valence-corrected chi connectivity index (χ3v) is 10.2. The van der Waals surface area contributed by atoms with E-state index >= 15 is 0 Å². The number of hydrogen-bond acceptors (Lipinski definition) is 10. The summed E-state index contributed by atoms with van der Waals surface area (Å²) in [4.78, 5) is 35.6. The largest absolute Gasteiger partial charge is 0.462 e. The Balaban J connectivity index is 1.87. The average molecular weight is 525 g/mol. The number of carbonyl (C=O) groups excluding carboxylic acids is 3. The van der Waals surface area contributed by atoms with Crippen molar-refractivity contribution in [1.29, 1.82) is 0 Å². The molecule has 0 aromatic heterocycles. The highest BCUT2D eigenvalue weighted by Gasteiger charge is 2.83. The summed E-state index contributed by atoms with van der Waals surface area (Å²) in [5.41, 5.74) is -7.53. The zero-order chi connectivity index (χ0) is 27.8. The predicted octanol–water partition coefficient (Wildman–Crippen LogP) is 1.31. The fraction of sp³-hybridized carbons (Fsp3) is 0.815. The Bertz CT molecular complexity index is 1020. The van der Waals surface area contributed by atoms with E-state index < -0.39 is 63.8 Å². The number of esters is 3. The molecule has 0 amide bonds. The lowest BCUT2D eigenvalue weighted by Gasteiger charge is -2.68. The number of ether oxygens (including phenoxy) is 3. The molecule has 10 unspecified atom stereocenters. The number of rotatable bonds is 4. The number of carbonyl (C=O) groups is 3. The lowest BCUT2D eigenvalue weighted by molar-refractivity contribution is -0.351. The Hall–Kier alpha value is -2.01. The van der Waals surface area contributed by atoms with Crippen LogP contribution >= 0.6 is 0 Å². The molecule has 0 spiro atoms. The SMILES string of the molecule is CC(=O)OC1CCC2(C)C(=CCC3(O)C2C(O)C(OC(C)=O)C2(C)C(O)(C(C)OC(C)=O)CCC32O)C1. The van der Waals surface area contributed by atoms with Gasteiger partial charge in [0.25, 0.3) is 0 Å². The minimum absolute atomic E-state index is 0.0245. The van der Waals surface area contributed by atoms with Gasteiger partial charge in [-0.05, 0) is 44.4 Å². The molecule has 0 heterocycles. The first-order valence-electron chi connectivity index (χ1n) is 13.0. The summed E-state index contributed by atoms with van der Waals surface area (Å²) < 4.78 is 16.5. The van der Waals surface area contributed by atoms with Crippen LogP contribution in [-0.2, 0) is 28.6 Å². The van der Waals surface area contributed by atoms with Crippen molar-refractivity contribution in [3.05, 3.63) is 11.6 Å². The second-order valence-electron chi connectivity index (χ2n) is 12.0. The molecule has 0 aromatic carbocycles. The minimum atomic E-state index is -2.01. The van der Waals surface area contributed by atoms with Gasteiger partial charge in [0.2, 0.25) is 0 Å². The van der Waals surface area contributed by atoms with Gasteiger partial charge in [0.15, 0.2) is 0 Å². The van der Waals surface area contributed by atoms with Crippen LogP contribution in [0.5, 0.6) is 0 Å². The molecule has 0 radical (unpaired) electrons. The summed E-state index contributed by atoms with van der Waals surface area (Å²) >= 11 is 0. The van der Waals surface area contributed by atoms with Crippen LogP contribution in [0.2, 0.25) is 0 Å². The molecule has 10 nitrogen and oxygen atoms in total. The van der Waals surface area contributed by atoms with Crippen molar-refractivity contribution in [2.24, 2.45) is 16.7 Å². The van der Waals surface area contributed by atoms with Crippen LogP contribution in [0.4, 0.5) is 0 Å². The molecule has 3 saturated carbocycles. The zero-order valence-corrected chi connectivity index (χ0v) is 22.4. The average Bonchev–Trinajstić information content (AvgIpc) is 3.00. The molecular formula is C27H40O10. The van der Waals surface area contributed by atoms with Crippen molar-refractivity contribution in [1.82, 2.24) is 0 Å².